The van der Waals surface area contributed by atoms with E-state index in [9.17, 15) is 0 Å². The smallest absolute Gasteiger partial charge is 0.191 e. The molecule has 0 amide bonds. The molecular formula is C14H26IN3S2. The second kappa shape index (κ2) is 12.8. The fraction of sp³-hybridized carbons (Fsp3) is 0.643. The van der Waals surface area contributed by atoms with Crippen LogP contribution in [0.5, 0.6) is 0 Å². The van der Waals surface area contributed by atoms with Crippen LogP contribution in [-0.4, -0.2) is 31.1 Å². The Balaban J connectivity index is 0.00000361. The van der Waals surface area contributed by atoms with Gasteiger partial charge in [-0.2, -0.15) is 11.8 Å². The quantitative estimate of drug-likeness (QED) is 0.287. The Kier molecular flexibility index (Phi) is 12.8. The molecule has 3 nitrogen and oxygen atoms in total. The molecule has 6 heteroatoms. The maximum absolute atomic E-state index is 4.63. The van der Waals surface area contributed by atoms with E-state index in [1.807, 2.05) is 23.1 Å². The van der Waals surface area contributed by atoms with Crippen LogP contribution in [0.15, 0.2) is 17.1 Å². The third-order valence-corrected chi connectivity index (χ3v) is 4.53. The topological polar surface area (TPSA) is 36.4 Å². The molecule has 0 atom stereocenters. The van der Waals surface area contributed by atoms with E-state index < -0.39 is 0 Å². The number of hydrogen-bond acceptors (Lipinski definition) is 3. The van der Waals surface area contributed by atoms with E-state index in [4.69, 9.17) is 0 Å². The molecule has 0 aromatic carbocycles. The third-order valence-electron chi connectivity index (χ3n) is 2.62. The molecule has 1 aromatic rings. The molecule has 0 saturated carbocycles. The molecule has 20 heavy (non-hydrogen) atoms. The number of aliphatic imine (C=N–C) groups is 1. The van der Waals surface area contributed by atoms with Gasteiger partial charge in [-0.15, -0.1) is 35.3 Å². The predicted octanol–water partition coefficient (Wildman–Crippen LogP) is 3.74. The van der Waals surface area contributed by atoms with Crippen LogP contribution in [0.3, 0.4) is 0 Å². The van der Waals surface area contributed by atoms with Gasteiger partial charge in [0, 0.05) is 22.8 Å². The number of guanidine groups is 1. The molecule has 2 N–H and O–H groups in total. The van der Waals surface area contributed by atoms with Crippen LogP contribution in [-0.2, 0) is 13.0 Å². The van der Waals surface area contributed by atoms with Gasteiger partial charge in [-0.3, -0.25) is 0 Å². The summed E-state index contributed by atoms with van der Waals surface area (Å²) >= 11 is 3.74. The molecule has 0 bridgehead atoms. The summed E-state index contributed by atoms with van der Waals surface area (Å²) in [6, 6.07) is 4.39. The number of rotatable bonds is 8. The number of aryl methyl sites for hydroxylation is 1. The summed E-state index contributed by atoms with van der Waals surface area (Å²) in [5, 5.41) is 6.66. The van der Waals surface area contributed by atoms with Crippen LogP contribution in [0.4, 0.5) is 0 Å². The van der Waals surface area contributed by atoms with E-state index in [0.29, 0.717) is 0 Å². The minimum atomic E-state index is 0. The number of nitrogens with one attached hydrogen (secondary N) is 2. The molecule has 1 rings (SSSR count). The average molecular weight is 427 g/mol. The van der Waals surface area contributed by atoms with Crippen molar-refractivity contribution < 1.29 is 0 Å². The molecule has 0 saturated heterocycles. The Labute approximate surface area is 148 Å². The minimum absolute atomic E-state index is 0. The van der Waals surface area contributed by atoms with Gasteiger partial charge in [-0.05, 0) is 43.9 Å². The molecule has 0 radical (unpaired) electrons. The van der Waals surface area contributed by atoms with Crippen LogP contribution >= 0.6 is 47.1 Å². The molecular weight excluding hydrogens is 401 g/mol. The maximum Gasteiger partial charge on any atom is 0.191 e. The SMILES string of the molecule is CCNC(=NCc1ccc(CC)s1)NCCCSC.I. The van der Waals surface area contributed by atoms with E-state index in [2.05, 4.69) is 47.9 Å². The first-order valence-corrected chi connectivity index (χ1v) is 9.09. The molecule has 0 unspecified atom stereocenters. The fourth-order valence-corrected chi connectivity index (χ4v) is 2.93. The summed E-state index contributed by atoms with van der Waals surface area (Å²) in [5.74, 6) is 2.12. The van der Waals surface area contributed by atoms with Gasteiger partial charge >= 0.3 is 0 Å². The third kappa shape index (κ3) is 8.36. The van der Waals surface area contributed by atoms with Gasteiger partial charge in [0.25, 0.3) is 0 Å². The van der Waals surface area contributed by atoms with Crippen molar-refractivity contribution in [3.05, 3.63) is 21.9 Å². The number of halogens is 1. The summed E-state index contributed by atoms with van der Waals surface area (Å²) in [4.78, 5) is 7.39. The standard InChI is InChI=1S/C14H25N3S2.HI/c1-4-12-7-8-13(19-12)11-17-14(15-5-2)16-9-6-10-18-3;/h7-8H,4-6,9-11H2,1-3H3,(H2,15,16,17);1H. The minimum Gasteiger partial charge on any atom is -0.357 e. The van der Waals surface area contributed by atoms with Gasteiger partial charge in [0.1, 0.15) is 0 Å². The number of hydrogen-bond donors (Lipinski definition) is 2. The van der Waals surface area contributed by atoms with Crippen molar-refractivity contribution in [3.8, 4) is 0 Å². The number of thioether (sulfide) groups is 1. The highest BCUT2D eigenvalue weighted by Gasteiger charge is 2.00. The van der Waals surface area contributed by atoms with Gasteiger partial charge in [-0.25, -0.2) is 4.99 Å². The zero-order chi connectivity index (χ0) is 13.9. The van der Waals surface area contributed by atoms with Crippen molar-refractivity contribution in [2.24, 2.45) is 4.99 Å². The average Bonchev–Trinajstić information content (AvgIpc) is 2.88. The van der Waals surface area contributed by atoms with Crippen LogP contribution < -0.4 is 10.6 Å². The highest BCUT2D eigenvalue weighted by molar-refractivity contribution is 14.0. The fourth-order valence-electron chi connectivity index (χ4n) is 1.62. The normalized spacial score (nSPS) is 11.1. The van der Waals surface area contributed by atoms with Gasteiger partial charge in [-0.1, -0.05) is 6.92 Å². The van der Waals surface area contributed by atoms with Crippen LogP contribution in [0, 0.1) is 0 Å². The molecule has 0 spiro atoms. The van der Waals surface area contributed by atoms with Gasteiger partial charge < -0.3 is 10.6 Å². The zero-order valence-electron chi connectivity index (χ0n) is 12.6. The Hall–Kier alpha value is 0.0500. The Morgan fingerprint density at radius 3 is 2.60 bits per heavy atom. The van der Waals surface area contributed by atoms with E-state index in [0.717, 1.165) is 32.0 Å². The molecule has 0 aliphatic heterocycles. The van der Waals surface area contributed by atoms with Crippen molar-refractivity contribution in [3.63, 3.8) is 0 Å². The first kappa shape index (κ1) is 20.1. The summed E-state index contributed by atoms with van der Waals surface area (Å²) in [5.41, 5.74) is 0. The summed E-state index contributed by atoms with van der Waals surface area (Å²) < 4.78 is 0. The predicted molar refractivity (Wildman–Crippen MR) is 105 cm³/mol. The van der Waals surface area contributed by atoms with Crippen LogP contribution in [0.1, 0.15) is 30.0 Å². The lowest BCUT2D eigenvalue weighted by Gasteiger charge is -2.10. The van der Waals surface area contributed by atoms with E-state index in [1.165, 1.54) is 21.9 Å². The van der Waals surface area contributed by atoms with Crippen molar-refractivity contribution in [2.45, 2.75) is 33.2 Å². The summed E-state index contributed by atoms with van der Waals surface area (Å²) in [6.07, 6.45) is 4.42. The zero-order valence-corrected chi connectivity index (χ0v) is 16.5. The van der Waals surface area contributed by atoms with Crippen molar-refractivity contribution in [1.29, 1.82) is 0 Å². The van der Waals surface area contributed by atoms with E-state index in [-0.39, 0.29) is 24.0 Å². The first-order valence-electron chi connectivity index (χ1n) is 6.88. The molecule has 0 aliphatic rings. The molecule has 1 aromatic heterocycles. The monoisotopic (exact) mass is 427 g/mol. The molecule has 0 aliphatic carbocycles. The first-order chi connectivity index (χ1) is 9.30. The van der Waals surface area contributed by atoms with Gasteiger partial charge in [0.15, 0.2) is 5.96 Å². The Morgan fingerprint density at radius 1 is 1.25 bits per heavy atom. The van der Waals surface area contributed by atoms with Gasteiger partial charge in [0.05, 0.1) is 6.54 Å². The lowest BCUT2D eigenvalue weighted by Crippen LogP contribution is -2.37. The van der Waals surface area contributed by atoms with Crippen molar-refractivity contribution in [1.82, 2.24) is 10.6 Å². The highest BCUT2D eigenvalue weighted by atomic mass is 127. The van der Waals surface area contributed by atoms with Crippen LogP contribution in [0.2, 0.25) is 0 Å². The second-order valence-electron chi connectivity index (χ2n) is 4.19. The van der Waals surface area contributed by atoms with Crippen LogP contribution in [0.25, 0.3) is 0 Å². The number of nitrogens with zero attached hydrogens (tertiary/aromatic N) is 1. The second-order valence-corrected chi connectivity index (χ2v) is 6.43. The van der Waals surface area contributed by atoms with Crippen molar-refractivity contribution >= 4 is 53.0 Å². The lowest BCUT2D eigenvalue weighted by molar-refractivity contribution is 0.791. The molecule has 116 valence electrons. The molecule has 1 heterocycles. The largest absolute Gasteiger partial charge is 0.357 e. The molecule has 0 fully saturated rings. The van der Waals surface area contributed by atoms with Crippen molar-refractivity contribution in [2.75, 3.05) is 25.1 Å². The lowest BCUT2D eigenvalue weighted by atomic mass is 10.4. The van der Waals surface area contributed by atoms with E-state index in [1.54, 1.807) is 0 Å². The summed E-state index contributed by atoms with van der Waals surface area (Å²) in [6.45, 7) is 6.94. The maximum atomic E-state index is 4.63. The van der Waals surface area contributed by atoms with Gasteiger partial charge in [0.2, 0.25) is 0 Å². The highest BCUT2D eigenvalue weighted by Crippen LogP contribution is 2.17. The number of thiophene rings is 1. The van der Waals surface area contributed by atoms with E-state index >= 15 is 0 Å². The Bertz CT molecular complexity index is 380. The Morgan fingerprint density at radius 2 is 2.00 bits per heavy atom. The summed E-state index contributed by atoms with van der Waals surface area (Å²) in [7, 11) is 0.